The summed E-state index contributed by atoms with van der Waals surface area (Å²) in [6, 6.07) is 8.89. The van der Waals surface area contributed by atoms with Crippen molar-refractivity contribution in [3.8, 4) is 0 Å². The molecule has 0 bridgehead atoms. The molecule has 0 heterocycles. The third kappa shape index (κ3) is 5.16. The molecule has 1 aromatic carbocycles. The van der Waals surface area contributed by atoms with E-state index in [0.717, 1.165) is 5.56 Å². The molecule has 6 nitrogen and oxygen atoms in total. The first-order valence-electron chi connectivity index (χ1n) is 5.60. The van der Waals surface area contributed by atoms with Crippen molar-refractivity contribution in [1.82, 2.24) is 0 Å². The molecule has 18 heavy (non-hydrogen) atoms. The van der Waals surface area contributed by atoms with Crippen molar-refractivity contribution in [3.63, 3.8) is 0 Å². The number of nitrogens with zero attached hydrogens (tertiary/aromatic N) is 3. The minimum atomic E-state index is -0.778. The van der Waals surface area contributed by atoms with Crippen LogP contribution in [0.1, 0.15) is 5.56 Å². The molecular weight excluding hydrogens is 234 g/mol. The molecule has 6 heteroatoms. The monoisotopic (exact) mass is 251 g/mol. The summed E-state index contributed by atoms with van der Waals surface area (Å²) in [7, 11) is 1.50. The van der Waals surface area contributed by atoms with Crippen LogP contribution in [0.3, 0.4) is 0 Å². The van der Waals surface area contributed by atoms with Gasteiger partial charge in [0.1, 0.15) is 6.79 Å². The predicted molar refractivity (Wildman–Crippen MR) is 66.9 cm³/mol. The van der Waals surface area contributed by atoms with E-state index in [-0.39, 0.29) is 13.4 Å². The Labute approximate surface area is 106 Å². The second kappa shape index (κ2) is 8.49. The largest absolute Gasteiger partial charge is 0.392 e. The van der Waals surface area contributed by atoms with Crippen LogP contribution in [0.15, 0.2) is 35.4 Å². The number of hydrogen-bond donors (Lipinski definition) is 1. The lowest BCUT2D eigenvalue weighted by Crippen LogP contribution is -2.30. The van der Waals surface area contributed by atoms with Crippen LogP contribution in [-0.2, 0) is 15.9 Å². The first-order valence-corrected chi connectivity index (χ1v) is 5.60. The summed E-state index contributed by atoms with van der Waals surface area (Å²) >= 11 is 0. The fourth-order valence-corrected chi connectivity index (χ4v) is 1.53. The molecule has 0 unspecified atom stereocenters. The van der Waals surface area contributed by atoms with Gasteiger partial charge in [0.25, 0.3) is 0 Å². The van der Waals surface area contributed by atoms with Gasteiger partial charge in [-0.15, -0.1) is 0 Å². The molecule has 0 fully saturated rings. The molecule has 1 aromatic rings. The number of aliphatic hydroxyl groups excluding tert-OH is 1. The smallest absolute Gasteiger partial charge is 0.146 e. The number of ether oxygens (including phenoxy) is 2. The predicted octanol–water partition coefficient (Wildman–Crippen LogP) is 1.89. The van der Waals surface area contributed by atoms with Crippen molar-refractivity contribution in [3.05, 3.63) is 46.3 Å². The van der Waals surface area contributed by atoms with Crippen molar-refractivity contribution in [2.75, 3.05) is 20.5 Å². The maximum absolute atomic E-state index is 10.0. The molecule has 0 saturated heterocycles. The first-order chi connectivity index (χ1) is 8.77. The van der Waals surface area contributed by atoms with E-state index in [1.165, 1.54) is 7.11 Å². The van der Waals surface area contributed by atoms with E-state index in [9.17, 15) is 5.11 Å². The molecule has 98 valence electrons. The molecule has 0 aliphatic rings. The quantitative estimate of drug-likeness (QED) is 0.251. The standard InChI is InChI=1S/C12H17N3O3/c1-17-9-18-8-11(14-15-13)12(16)7-10-5-3-2-4-6-10/h2-6,11-12,16H,7-9H2,1H3/t11-,12+/m0/s1. The topological polar surface area (TPSA) is 87.5 Å². The lowest BCUT2D eigenvalue weighted by Gasteiger charge is -2.18. The second-order valence-electron chi connectivity index (χ2n) is 3.81. The lowest BCUT2D eigenvalue weighted by molar-refractivity contribution is -0.0459. The van der Waals surface area contributed by atoms with Crippen molar-refractivity contribution >= 4 is 0 Å². The Bertz CT molecular complexity index is 379. The van der Waals surface area contributed by atoms with Gasteiger partial charge in [-0.2, -0.15) is 0 Å². The number of rotatable bonds is 8. The van der Waals surface area contributed by atoms with Gasteiger partial charge in [0.2, 0.25) is 0 Å². The summed E-state index contributed by atoms with van der Waals surface area (Å²) in [5.74, 6) is 0. The van der Waals surface area contributed by atoms with E-state index in [2.05, 4.69) is 10.0 Å². The number of methoxy groups -OCH3 is 1. The highest BCUT2D eigenvalue weighted by molar-refractivity contribution is 5.15. The Morgan fingerprint density at radius 1 is 1.39 bits per heavy atom. The van der Waals surface area contributed by atoms with Gasteiger partial charge in [0.05, 0.1) is 18.8 Å². The Morgan fingerprint density at radius 2 is 2.11 bits per heavy atom. The molecule has 0 saturated carbocycles. The summed E-state index contributed by atoms with van der Waals surface area (Å²) in [6.07, 6.45) is -0.360. The average molecular weight is 251 g/mol. The van der Waals surface area contributed by atoms with Crippen molar-refractivity contribution in [2.45, 2.75) is 18.6 Å². The van der Waals surface area contributed by atoms with Crippen LogP contribution >= 0.6 is 0 Å². The third-order valence-electron chi connectivity index (χ3n) is 2.42. The number of hydrogen-bond acceptors (Lipinski definition) is 4. The number of aliphatic hydroxyl groups is 1. The fourth-order valence-electron chi connectivity index (χ4n) is 1.53. The van der Waals surface area contributed by atoms with Crippen LogP contribution in [0.5, 0.6) is 0 Å². The summed E-state index contributed by atoms with van der Waals surface area (Å²) in [6.45, 7) is 0.238. The fraction of sp³-hybridized carbons (Fsp3) is 0.500. The van der Waals surface area contributed by atoms with Crippen molar-refractivity contribution in [2.24, 2.45) is 5.11 Å². The maximum atomic E-state index is 10.0. The van der Waals surface area contributed by atoms with Gasteiger partial charge in [0, 0.05) is 12.0 Å². The molecule has 1 N–H and O–H groups in total. The first kappa shape index (κ1) is 14.5. The Balaban J connectivity index is 2.53. The van der Waals surface area contributed by atoms with E-state index >= 15 is 0 Å². The third-order valence-corrected chi connectivity index (χ3v) is 2.42. The molecule has 0 spiro atoms. The van der Waals surface area contributed by atoms with Gasteiger partial charge in [-0.05, 0) is 17.5 Å². The number of benzene rings is 1. The van der Waals surface area contributed by atoms with Crippen LogP contribution in [0.25, 0.3) is 10.4 Å². The minimum absolute atomic E-state index is 0.107. The molecular formula is C12H17N3O3. The van der Waals surface area contributed by atoms with Crippen LogP contribution < -0.4 is 0 Å². The van der Waals surface area contributed by atoms with E-state index < -0.39 is 12.1 Å². The van der Waals surface area contributed by atoms with Crippen LogP contribution in [0, 0.1) is 0 Å². The molecule has 0 aliphatic heterocycles. The molecule has 0 aromatic heterocycles. The Morgan fingerprint density at radius 3 is 2.72 bits per heavy atom. The summed E-state index contributed by atoms with van der Waals surface area (Å²) in [5.41, 5.74) is 9.45. The van der Waals surface area contributed by atoms with E-state index in [4.69, 9.17) is 15.0 Å². The Kier molecular flexibility index (Phi) is 6.83. The highest BCUT2D eigenvalue weighted by Crippen LogP contribution is 2.09. The summed E-state index contributed by atoms with van der Waals surface area (Å²) in [4.78, 5) is 2.72. The lowest BCUT2D eigenvalue weighted by atomic mass is 10.0. The summed E-state index contributed by atoms with van der Waals surface area (Å²) < 4.78 is 9.84. The zero-order valence-electron chi connectivity index (χ0n) is 10.3. The average Bonchev–Trinajstić information content (AvgIpc) is 2.39. The second-order valence-corrected chi connectivity index (χ2v) is 3.81. The Hall–Kier alpha value is -1.59. The summed E-state index contributed by atoms with van der Waals surface area (Å²) in [5, 5.41) is 13.5. The molecule has 1 rings (SSSR count). The van der Waals surface area contributed by atoms with Gasteiger partial charge in [-0.25, -0.2) is 0 Å². The van der Waals surface area contributed by atoms with E-state index in [1.807, 2.05) is 30.3 Å². The molecule has 0 radical (unpaired) electrons. The van der Waals surface area contributed by atoms with Crippen LogP contribution in [0.4, 0.5) is 0 Å². The van der Waals surface area contributed by atoms with Crippen molar-refractivity contribution < 1.29 is 14.6 Å². The van der Waals surface area contributed by atoms with E-state index in [0.29, 0.717) is 6.42 Å². The zero-order chi connectivity index (χ0) is 13.2. The van der Waals surface area contributed by atoms with Gasteiger partial charge < -0.3 is 14.6 Å². The molecule has 2 atom stereocenters. The van der Waals surface area contributed by atoms with Crippen molar-refractivity contribution in [1.29, 1.82) is 0 Å². The highest BCUT2D eigenvalue weighted by Gasteiger charge is 2.18. The zero-order valence-corrected chi connectivity index (χ0v) is 10.3. The van der Waals surface area contributed by atoms with Gasteiger partial charge >= 0.3 is 0 Å². The van der Waals surface area contributed by atoms with Crippen LogP contribution in [0.2, 0.25) is 0 Å². The highest BCUT2D eigenvalue weighted by atomic mass is 16.7. The SMILES string of the molecule is COCOC[C@H](N=[N+]=[N-])[C@H](O)Cc1ccccc1. The van der Waals surface area contributed by atoms with E-state index in [1.54, 1.807) is 0 Å². The maximum Gasteiger partial charge on any atom is 0.146 e. The molecule has 0 aliphatic carbocycles. The number of azide groups is 1. The molecule has 0 amide bonds. The van der Waals surface area contributed by atoms with Gasteiger partial charge in [-0.3, -0.25) is 0 Å². The normalized spacial score (nSPS) is 13.7. The van der Waals surface area contributed by atoms with Crippen LogP contribution in [-0.4, -0.2) is 37.8 Å². The van der Waals surface area contributed by atoms with Gasteiger partial charge in [-0.1, -0.05) is 35.4 Å². The van der Waals surface area contributed by atoms with Gasteiger partial charge in [0.15, 0.2) is 0 Å². The minimum Gasteiger partial charge on any atom is -0.392 e.